The maximum Gasteiger partial charge on any atom is 0.422 e. The first-order valence-corrected chi connectivity index (χ1v) is 14.8. The second-order valence-electron chi connectivity index (χ2n) is 8.60. The fraction of sp³-hybridized carbons (Fsp3) is 0.304. The number of hydrogen-bond donors (Lipinski definition) is 2. The number of nitrogens with two attached hydrogens (primary N) is 1. The van der Waals surface area contributed by atoms with Gasteiger partial charge in [-0.2, -0.15) is 18.2 Å². The molecule has 3 N–H and O–H groups in total. The fourth-order valence-electron chi connectivity index (χ4n) is 3.44. The summed E-state index contributed by atoms with van der Waals surface area (Å²) in [5.74, 6) is -1.19. The van der Waals surface area contributed by atoms with Crippen LogP contribution in [0, 0.1) is 0 Å². The molecule has 0 unspecified atom stereocenters. The third-order valence-corrected chi connectivity index (χ3v) is 9.07. The minimum absolute atomic E-state index is 0.00811. The highest BCUT2D eigenvalue weighted by molar-refractivity contribution is 7.92. The van der Waals surface area contributed by atoms with E-state index in [2.05, 4.69) is 15.3 Å². The lowest BCUT2D eigenvalue weighted by Crippen LogP contribution is -2.18. The van der Waals surface area contributed by atoms with E-state index in [1.165, 1.54) is 76.8 Å². The molecule has 0 saturated heterocycles. The van der Waals surface area contributed by atoms with Crippen LogP contribution in [0.25, 0.3) is 11.3 Å². The van der Waals surface area contributed by atoms with Crippen LogP contribution in [0.1, 0.15) is 19.4 Å². The van der Waals surface area contributed by atoms with Crippen LogP contribution in [-0.2, 0) is 20.6 Å². The zero-order valence-electron chi connectivity index (χ0n) is 20.2. The van der Waals surface area contributed by atoms with Crippen molar-refractivity contribution in [3.8, 4) is 17.0 Å². The molecule has 0 aliphatic rings. The van der Waals surface area contributed by atoms with Crippen LogP contribution in [0.4, 0.5) is 30.6 Å². The van der Waals surface area contributed by atoms with Crippen LogP contribution in [0.5, 0.6) is 5.75 Å². The lowest BCUT2D eigenvalue weighted by Gasteiger charge is -2.21. The number of ether oxygens (including phenoxy) is 1. The molecule has 0 aliphatic carbocycles. The number of rotatable bonds is 7. The quantitative estimate of drug-likeness (QED) is 0.403. The maximum atomic E-state index is 14.4. The van der Waals surface area contributed by atoms with E-state index in [1.807, 2.05) is 0 Å². The Bertz CT molecular complexity index is 1450. The van der Waals surface area contributed by atoms with Gasteiger partial charge in [0.1, 0.15) is 24.3 Å². The molecule has 194 valence electrons. The van der Waals surface area contributed by atoms with E-state index in [1.54, 1.807) is 0 Å². The molecule has 0 spiro atoms. The molecule has 0 aliphatic heterocycles. The van der Waals surface area contributed by atoms with Gasteiger partial charge in [0.05, 0.1) is 28.6 Å². The van der Waals surface area contributed by atoms with Gasteiger partial charge >= 0.3 is 6.18 Å². The predicted octanol–water partition coefficient (Wildman–Crippen LogP) is 4.93. The Kier molecular flexibility index (Phi) is 7.44. The van der Waals surface area contributed by atoms with Crippen molar-refractivity contribution in [2.75, 3.05) is 31.5 Å². The van der Waals surface area contributed by atoms with Gasteiger partial charge in [-0.05, 0) is 51.4 Å². The molecule has 3 aromatic rings. The molecule has 13 heteroatoms. The molecule has 0 saturated carbocycles. The smallest absolute Gasteiger partial charge is 0.422 e. The standard InChI is InChI=1S/C23H26F3N4O4PS/c1-13(2)36(32,33)18-9-7-6-8-16(18)28-21-19(23(24,25)26)20(29-22(27)30-21)15-11-10-14(35(4,5)31)12-17(15)34-3/h6-13H,1-5H3,(H3,27,28,29,30). The first-order valence-electron chi connectivity index (χ1n) is 10.7. The summed E-state index contributed by atoms with van der Waals surface area (Å²) in [4.78, 5) is 7.42. The summed E-state index contributed by atoms with van der Waals surface area (Å²) < 4.78 is 86.7. The summed E-state index contributed by atoms with van der Waals surface area (Å²) in [7, 11) is -5.31. The van der Waals surface area contributed by atoms with Gasteiger partial charge in [-0.25, -0.2) is 13.4 Å². The number of halogens is 3. The van der Waals surface area contributed by atoms with Crippen LogP contribution in [-0.4, -0.2) is 44.1 Å². The summed E-state index contributed by atoms with van der Waals surface area (Å²) in [5.41, 5.74) is 3.80. The topological polar surface area (TPSA) is 124 Å². The van der Waals surface area contributed by atoms with Crippen LogP contribution < -0.4 is 21.1 Å². The van der Waals surface area contributed by atoms with E-state index in [4.69, 9.17) is 10.5 Å². The van der Waals surface area contributed by atoms with Crippen molar-refractivity contribution in [2.24, 2.45) is 0 Å². The summed E-state index contributed by atoms with van der Waals surface area (Å²) in [6.45, 7) is 5.98. The van der Waals surface area contributed by atoms with Gasteiger partial charge in [0.2, 0.25) is 5.95 Å². The number of methoxy groups -OCH3 is 1. The third-order valence-electron chi connectivity index (χ3n) is 5.34. The predicted molar refractivity (Wildman–Crippen MR) is 135 cm³/mol. The Morgan fingerprint density at radius 2 is 1.72 bits per heavy atom. The number of para-hydroxylation sites is 1. The average molecular weight is 543 g/mol. The molecular formula is C23H26F3N4O4PS. The molecule has 0 amide bonds. The number of benzene rings is 2. The van der Waals surface area contributed by atoms with E-state index in [9.17, 15) is 26.2 Å². The Morgan fingerprint density at radius 1 is 1.08 bits per heavy atom. The van der Waals surface area contributed by atoms with E-state index in [-0.39, 0.29) is 21.9 Å². The van der Waals surface area contributed by atoms with Gasteiger partial charge in [0.15, 0.2) is 9.84 Å². The van der Waals surface area contributed by atoms with Gasteiger partial charge in [-0.15, -0.1) is 0 Å². The third kappa shape index (κ3) is 5.49. The summed E-state index contributed by atoms with van der Waals surface area (Å²) in [6, 6.07) is 9.74. The zero-order valence-corrected chi connectivity index (χ0v) is 21.9. The van der Waals surface area contributed by atoms with Crippen LogP contribution in [0.3, 0.4) is 0 Å². The van der Waals surface area contributed by atoms with Crippen molar-refractivity contribution < 1.29 is 30.9 Å². The normalized spacial score (nSPS) is 12.6. The molecule has 8 nitrogen and oxygen atoms in total. The molecule has 0 fully saturated rings. The first kappa shape index (κ1) is 27.5. The SMILES string of the molecule is COc1cc(P(C)(C)=O)ccc1-c1nc(N)nc(Nc2ccccc2S(=O)(=O)C(C)C)c1C(F)(F)F. The fourth-order valence-corrected chi connectivity index (χ4v) is 5.51. The van der Waals surface area contributed by atoms with Gasteiger partial charge in [0.25, 0.3) is 0 Å². The van der Waals surface area contributed by atoms with Crippen LogP contribution in [0.2, 0.25) is 0 Å². The molecule has 1 heterocycles. The van der Waals surface area contributed by atoms with Gasteiger partial charge in [0, 0.05) is 10.9 Å². The van der Waals surface area contributed by atoms with E-state index < -0.39 is 51.4 Å². The number of nitrogens with zero attached hydrogens (tertiary/aromatic N) is 2. The number of nitrogen functional groups attached to an aromatic ring is 1. The Labute approximate surface area is 207 Å². The number of alkyl halides is 3. The van der Waals surface area contributed by atoms with Gasteiger partial charge in [-0.1, -0.05) is 18.2 Å². The van der Waals surface area contributed by atoms with Crippen molar-refractivity contribution in [3.63, 3.8) is 0 Å². The Balaban J connectivity index is 2.30. The molecule has 0 atom stereocenters. The van der Waals surface area contributed by atoms with Crippen molar-refractivity contribution in [1.82, 2.24) is 9.97 Å². The highest BCUT2D eigenvalue weighted by Crippen LogP contribution is 2.45. The zero-order chi connectivity index (χ0) is 27.1. The number of hydrogen-bond acceptors (Lipinski definition) is 8. The highest BCUT2D eigenvalue weighted by Gasteiger charge is 2.40. The molecule has 0 radical (unpaired) electrons. The minimum atomic E-state index is -4.97. The van der Waals surface area contributed by atoms with Crippen molar-refractivity contribution in [3.05, 3.63) is 48.0 Å². The number of sulfone groups is 1. The van der Waals surface area contributed by atoms with Gasteiger partial charge < -0.3 is 20.4 Å². The van der Waals surface area contributed by atoms with E-state index in [0.29, 0.717) is 5.30 Å². The Hall–Kier alpha value is -3.11. The number of anilines is 3. The number of nitrogens with one attached hydrogen (secondary N) is 1. The summed E-state index contributed by atoms with van der Waals surface area (Å²) in [5, 5.41) is 2.11. The van der Waals surface area contributed by atoms with Crippen molar-refractivity contribution in [2.45, 2.75) is 30.2 Å². The lowest BCUT2D eigenvalue weighted by molar-refractivity contribution is -0.136. The first-order chi connectivity index (χ1) is 16.6. The van der Waals surface area contributed by atoms with Crippen molar-refractivity contribution >= 4 is 39.7 Å². The monoisotopic (exact) mass is 542 g/mol. The number of aromatic nitrogens is 2. The minimum Gasteiger partial charge on any atom is -0.496 e. The van der Waals surface area contributed by atoms with Gasteiger partial charge in [-0.3, -0.25) is 0 Å². The Morgan fingerprint density at radius 3 is 2.28 bits per heavy atom. The maximum absolute atomic E-state index is 14.4. The second kappa shape index (κ2) is 9.74. The van der Waals surface area contributed by atoms with E-state index >= 15 is 0 Å². The molecular weight excluding hydrogens is 516 g/mol. The van der Waals surface area contributed by atoms with Crippen LogP contribution >= 0.6 is 7.14 Å². The molecule has 2 aromatic carbocycles. The average Bonchev–Trinajstić information content (AvgIpc) is 2.76. The molecule has 3 rings (SSSR count). The lowest BCUT2D eigenvalue weighted by atomic mass is 10.0. The largest absolute Gasteiger partial charge is 0.496 e. The molecule has 1 aromatic heterocycles. The van der Waals surface area contributed by atoms with Crippen LogP contribution in [0.15, 0.2) is 47.4 Å². The van der Waals surface area contributed by atoms with E-state index in [0.717, 1.165) is 0 Å². The summed E-state index contributed by atoms with van der Waals surface area (Å²) >= 11 is 0. The second-order valence-corrected chi connectivity index (χ2v) is 14.3. The summed E-state index contributed by atoms with van der Waals surface area (Å²) in [6.07, 6.45) is -4.97. The molecule has 36 heavy (non-hydrogen) atoms. The highest BCUT2D eigenvalue weighted by atomic mass is 32.2. The van der Waals surface area contributed by atoms with Crippen molar-refractivity contribution in [1.29, 1.82) is 0 Å². The molecule has 0 bridgehead atoms.